The standard InChI is InChI=1S/C63H106O14/c1-3-5-7-9-11-13-15-17-19-21-23-24-25-26-27-29-31-33-35-37-39-41-43-45-47-72-49-52(75-55(65)46-44-42-40-38-36-34-32-30-28-22-20-18-16-14-12-10-8-6-4-2)50-73-62-61(71)59(69)57(67)54(77-62)51-74-63-60(70)58(68)56(66)53(48-64)76-63/h6,8,12,14-15,17-18,20-21,23,25-26,28,30,34,36,52-54,56-64,66-71H,3-5,7,9-11,13,16,19,22,24,27,29,31-33,35,37-51H2,1-2H3/b8-6-,14-12-,17-15-,20-18-,23-21-,26-25-,30-28-,36-34-. The van der Waals surface area contributed by atoms with E-state index in [2.05, 4.69) is 111 Å². The highest BCUT2D eigenvalue weighted by Crippen LogP contribution is 2.26. The van der Waals surface area contributed by atoms with Gasteiger partial charge in [0.25, 0.3) is 0 Å². The first kappa shape index (κ1) is 70.0. The minimum Gasteiger partial charge on any atom is -0.457 e. The summed E-state index contributed by atoms with van der Waals surface area (Å²) in [7, 11) is 0. The summed E-state index contributed by atoms with van der Waals surface area (Å²) in [6.45, 7) is 3.50. The predicted molar refractivity (Wildman–Crippen MR) is 307 cm³/mol. The van der Waals surface area contributed by atoms with E-state index in [1.165, 1.54) is 77.0 Å². The zero-order valence-electron chi connectivity index (χ0n) is 47.4. The Morgan fingerprint density at radius 3 is 1.32 bits per heavy atom. The second-order valence-electron chi connectivity index (χ2n) is 20.4. The molecule has 0 radical (unpaired) electrons. The van der Waals surface area contributed by atoms with Crippen LogP contribution in [0.2, 0.25) is 0 Å². The molecule has 2 rings (SSSR count). The molecule has 0 aromatic heterocycles. The first-order valence-corrected chi connectivity index (χ1v) is 29.8. The van der Waals surface area contributed by atoms with E-state index in [9.17, 15) is 40.5 Å². The van der Waals surface area contributed by atoms with Crippen LogP contribution >= 0.6 is 0 Å². The Balaban J connectivity index is 1.73. The average Bonchev–Trinajstić information content (AvgIpc) is 3.43. The van der Waals surface area contributed by atoms with Gasteiger partial charge in [0.2, 0.25) is 0 Å². The van der Waals surface area contributed by atoms with Gasteiger partial charge in [-0.3, -0.25) is 4.79 Å². The van der Waals surface area contributed by atoms with E-state index in [4.69, 9.17) is 28.4 Å². The maximum atomic E-state index is 13.1. The van der Waals surface area contributed by atoms with Crippen molar-refractivity contribution >= 4 is 5.97 Å². The highest BCUT2D eigenvalue weighted by atomic mass is 16.7. The number of esters is 1. The van der Waals surface area contributed by atoms with Crippen LogP contribution in [0.25, 0.3) is 0 Å². The Bertz CT molecular complexity index is 1640. The van der Waals surface area contributed by atoms with Crippen LogP contribution in [0, 0.1) is 0 Å². The van der Waals surface area contributed by atoms with Crippen molar-refractivity contribution in [2.24, 2.45) is 0 Å². The van der Waals surface area contributed by atoms with E-state index < -0.39 is 86.7 Å². The van der Waals surface area contributed by atoms with E-state index >= 15 is 0 Å². The molecule has 0 aliphatic carbocycles. The Morgan fingerprint density at radius 1 is 0.442 bits per heavy atom. The molecular formula is C63H106O14. The fourth-order valence-electron chi connectivity index (χ4n) is 8.79. The van der Waals surface area contributed by atoms with Gasteiger partial charge < -0.3 is 64.2 Å². The lowest BCUT2D eigenvalue weighted by atomic mass is 9.98. The number of ether oxygens (including phenoxy) is 6. The van der Waals surface area contributed by atoms with E-state index in [0.717, 1.165) is 89.9 Å². The van der Waals surface area contributed by atoms with Gasteiger partial charge >= 0.3 is 5.97 Å². The molecule has 14 nitrogen and oxygen atoms in total. The van der Waals surface area contributed by atoms with E-state index in [-0.39, 0.29) is 19.6 Å². The minimum absolute atomic E-state index is 0.0380. The van der Waals surface area contributed by atoms with Crippen LogP contribution in [0.4, 0.5) is 0 Å². The van der Waals surface area contributed by atoms with Gasteiger partial charge in [0.15, 0.2) is 12.6 Å². The normalized spacial score (nSPS) is 25.0. The van der Waals surface area contributed by atoms with Crippen molar-refractivity contribution in [1.29, 1.82) is 0 Å². The lowest BCUT2D eigenvalue weighted by Gasteiger charge is -2.42. The number of hydrogen-bond acceptors (Lipinski definition) is 14. The highest BCUT2D eigenvalue weighted by Gasteiger charge is 2.47. The van der Waals surface area contributed by atoms with E-state index in [1.807, 2.05) is 0 Å². The third-order valence-corrected chi connectivity index (χ3v) is 13.6. The Labute approximate surface area is 464 Å². The van der Waals surface area contributed by atoms with E-state index in [0.29, 0.717) is 13.0 Å². The van der Waals surface area contributed by atoms with Crippen LogP contribution in [-0.2, 0) is 33.2 Å². The molecule has 0 aromatic rings. The smallest absolute Gasteiger partial charge is 0.306 e. The molecule has 77 heavy (non-hydrogen) atoms. The molecule has 0 spiro atoms. The summed E-state index contributed by atoms with van der Waals surface area (Å²) in [5.41, 5.74) is 0. The Hall–Kier alpha value is -3.09. The number of rotatable bonds is 47. The van der Waals surface area contributed by atoms with Crippen molar-refractivity contribution in [1.82, 2.24) is 0 Å². The van der Waals surface area contributed by atoms with Crippen molar-refractivity contribution in [3.63, 3.8) is 0 Å². The lowest BCUT2D eigenvalue weighted by Crippen LogP contribution is -2.61. The third kappa shape index (κ3) is 35.3. The number of unbranched alkanes of at least 4 members (excludes halogenated alkanes) is 17. The highest BCUT2D eigenvalue weighted by molar-refractivity contribution is 5.69. The molecule has 0 amide bonds. The summed E-state index contributed by atoms with van der Waals surface area (Å²) >= 11 is 0. The maximum Gasteiger partial charge on any atom is 0.306 e. The van der Waals surface area contributed by atoms with Gasteiger partial charge in [0, 0.05) is 13.0 Å². The van der Waals surface area contributed by atoms with E-state index in [1.54, 1.807) is 0 Å². The third-order valence-electron chi connectivity index (χ3n) is 13.6. The van der Waals surface area contributed by atoms with Gasteiger partial charge in [0.05, 0.1) is 26.4 Å². The largest absolute Gasteiger partial charge is 0.457 e. The predicted octanol–water partition coefficient (Wildman–Crippen LogP) is 11.0. The molecule has 11 unspecified atom stereocenters. The zero-order chi connectivity index (χ0) is 55.8. The fourth-order valence-corrected chi connectivity index (χ4v) is 8.79. The molecule has 2 fully saturated rings. The lowest BCUT2D eigenvalue weighted by molar-refractivity contribution is -0.332. The number of carbonyl (C=O) groups is 1. The van der Waals surface area contributed by atoms with Crippen LogP contribution in [0.3, 0.4) is 0 Å². The quantitative estimate of drug-likeness (QED) is 0.0172. The molecule has 14 heteroatoms. The van der Waals surface area contributed by atoms with Gasteiger partial charge in [-0.2, -0.15) is 0 Å². The molecule has 2 saturated heterocycles. The van der Waals surface area contributed by atoms with Crippen LogP contribution in [-0.4, -0.2) is 142 Å². The Morgan fingerprint density at radius 2 is 0.844 bits per heavy atom. The first-order valence-electron chi connectivity index (χ1n) is 29.8. The molecule has 0 saturated carbocycles. The zero-order valence-corrected chi connectivity index (χ0v) is 47.4. The molecule has 442 valence electrons. The number of aliphatic hydroxyl groups excluding tert-OH is 7. The molecule has 2 heterocycles. The van der Waals surface area contributed by atoms with Crippen molar-refractivity contribution in [3.8, 4) is 0 Å². The van der Waals surface area contributed by atoms with Crippen molar-refractivity contribution in [3.05, 3.63) is 97.2 Å². The van der Waals surface area contributed by atoms with Crippen LogP contribution < -0.4 is 0 Å². The van der Waals surface area contributed by atoms with Crippen LogP contribution in [0.15, 0.2) is 97.2 Å². The van der Waals surface area contributed by atoms with Crippen LogP contribution in [0.1, 0.15) is 194 Å². The van der Waals surface area contributed by atoms with Gasteiger partial charge in [0.1, 0.15) is 54.9 Å². The summed E-state index contributed by atoms with van der Waals surface area (Å²) in [4.78, 5) is 13.1. The second kappa shape index (κ2) is 48.8. The SMILES string of the molecule is CC/C=C\C/C=C\C/C=C\C/C=C\C/C=C\CCCCCC(=O)OC(COCCCCCCCCCCC/C=C\C/C=C\C/C=C\CCCCCCC)COC1OC(COC2OC(CO)C(O)C(O)C2O)C(O)C(O)C1O. The molecule has 0 bridgehead atoms. The fraction of sp³-hybridized carbons (Fsp3) is 0.730. The molecule has 0 aromatic carbocycles. The summed E-state index contributed by atoms with van der Waals surface area (Å²) in [5, 5.41) is 72.4. The average molecular weight is 1090 g/mol. The molecule has 2 aliphatic heterocycles. The van der Waals surface area contributed by atoms with Gasteiger partial charge in [-0.05, 0) is 96.3 Å². The maximum absolute atomic E-state index is 13.1. The number of allylic oxidation sites excluding steroid dienone is 16. The first-order chi connectivity index (χ1) is 37.6. The molecule has 2 aliphatic rings. The molecule has 7 N–H and O–H groups in total. The topological polar surface area (TPSA) is 214 Å². The number of hydrogen-bond donors (Lipinski definition) is 7. The summed E-state index contributed by atoms with van der Waals surface area (Å²) in [6.07, 6.45) is 48.9. The number of carbonyl (C=O) groups excluding carboxylic acids is 1. The summed E-state index contributed by atoms with van der Waals surface area (Å²) in [5.74, 6) is -0.412. The molecule has 11 atom stereocenters. The molecular weight excluding hydrogens is 981 g/mol. The van der Waals surface area contributed by atoms with Gasteiger partial charge in [-0.25, -0.2) is 0 Å². The summed E-state index contributed by atoms with van der Waals surface area (Å²) < 4.78 is 34.4. The van der Waals surface area contributed by atoms with Crippen LogP contribution in [0.5, 0.6) is 0 Å². The summed E-state index contributed by atoms with van der Waals surface area (Å²) in [6, 6.07) is 0. The number of aliphatic hydroxyl groups is 7. The van der Waals surface area contributed by atoms with Crippen molar-refractivity contribution in [2.75, 3.05) is 33.0 Å². The minimum atomic E-state index is -1.72. The second-order valence-corrected chi connectivity index (χ2v) is 20.4. The van der Waals surface area contributed by atoms with Gasteiger partial charge in [-0.15, -0.1) is 0 Å². The van der Waals surface area contributed by atoms with Crippen molar-refractivity contribution in [2.45, 2.75) is 261 Å². The Kier molecular flexibility index (Phi) is 44.4. The van der Waals surface area contributed by atoms with Crippen molar-refractivity contribution < 1.29 is 69.0 Å². The monoisotopic (exact) mass is 1090 g/mol. The van der Waals surface area contributed by atoms with Gasteiger partial charge in [-0.1, -0.05) is 188 Å².